The molecule has 0 N–H and O–H groups in total. The van der Waals surface area contributed by atoms with Crippen molar-refractivity contribution in [1.29, 1.82) is 0 Å². The molecule has 0 aliphatic heterocycles. The van der Waals surface area contributed by atoms with Crippen LogP contribution in [-0.4, -0.2) is 21.8 Å². The zero-order chi connectivity index (χ0) is 19.6. The summed E-state index contributed by atoms with van der Waals surface area (Å²) < 4.78 is 0. The number of carbonyl (C=O) groups is 1. The number of fused-ring (bicyclic) bond motifs is 1. The van der Waals surface area contributed by atoms with Crippen LogP contribution in [0.5, 0.6) is 0 Å². The van der Waals surface area contributed by atoms with Crippen LogP contribution in [-0.2, 0) is 6.54 Å². The molecular formula is C26H22N2O. The van der Waals surface area contributed by atoms with Crippen LogP contribution in [0.1, 0.15) is 33.8 Å². The standard InChI is InChI=1S/C26H22N2O/c29-26(22-15-16-27-24-14-8-7-13-21(22)24)28(18-19-9-3-1-4-10-19)25-17-23(25)20-11-5-2-6-12-20/h1-16,23,25H,17-18H2/t23-,25+/m1/s1. The maximum atomic E-state index is 13.7. The molecule has 1 heterocycles. The first-order chi connectivity index (χ1) is 14.3. The van der Waals surface area contributed by atoms with Crippen LogP contribution in [0.2, 0.25) is 0 Å². The Morgan fingerprint density at radius 3 is 2.34 bits per heavy atom. The quantitative estimate of drug-likeness (QED) is 0.464. The summed E-state index contributed by atoms with van der Waals surface area (Å²) in [6.45, 7) is 0.615. The summed E-state index contributed by atoms with van der Waals surface area (Å²) in [6, 6.07) is 30.7. The second-order valence-corrected chi connectivity index (χ2v) is 7.61. The molecule has 1 fully saturated rings. The number of amides is 1. The first-order valence-electron chi connectivity index (χ1n) is 10.0. The van der Waals surface area contributed by atoms with Gasteiger partial charge in [-0.1, -0.05) is 78.9 Å². The van der Waals surface area contributed by atoms with Gasteiger partial charge in [0.2, 0.25) is 0 Å². The predicted octanol–water partition coefficient (Wildman–Crippen LogP) is 5.43. The lowest BCUT2D eigenvalue weighted by atomic mass is 10.1. The highest BCUT2D eigenvalue weighted by atomic mass is 16.2. The van der Waals surface area contributed by atoms with E-state index >= 15 is 0 Å². The molecule has 3 heteroatoms. The van der Waals surface area contributed by atoms with Crippen molar-refractivity contribution in [3.05, 3.63) is 114 Å². The summed E-state index contributed by atoms with van der Waals surface area (Å²) in [4.78, 5) is 20.2. The molecule has 0 unspecified atom stereocenters. The monoisotopic (exact) mass is 378 g/mol. The Balaban J connectivity index is 1.51. The summed E-state index contributed by atoms with van der Waals surface area (Å²) in [6.07, 6.45) is 2.74. The smallest absolute Gasteiger partial charge is 0.255 e. The topological polar surface area (TPSA) is 33.2 Å². The second-order valence-electron chi connectivity index (χ2n) is 7.61. The van der Waals surface area contributed by atoms with E-state index in [1.807, 2.05) is 54.6 Å². The zero-order valence-corrected chi connectivity index (χ0v) is 16.1. The van der Waals surface area contributed by atoms with E-state index in [0.29, 0.717) is 12.5 Å². The Labute approximate surface area is 170 Å². The minimum absolute atomic E-state index is 0.0795. The highest BCUT2D eigenvalue weighted by Crippen LogP contribution is 2.45. The lowest BCUT2D eigenvalue weighted by Gasteiger charge is -2.24. The van der Waals surface area contributed by atoms with E-state index in [1.54, 1.807) is 6.20 Å². The molecule has 29 heavy (non-hydrogen) atoms. The lowest BCUT2D eigenvalue weighted by molar-refractivity contribution is 0.0728. The molecule has 0 bridgehead atoms. The number of hydrogen-bond acceptors (Lipinski definition) is 2. The molecule has 1 aliphatic carbocycles. The summed E-state index contributed by atoms with van der Waals surface area (Å²) in [5.74, 6) is 0.479. The molecule has 2 atom stereocenters. The van der Waals surface area contributed by atoms with E-state index in [-0.39, 0.29) is 11.9 Å². The molecule has 142 valence electrons. The van der Waals surface area contributed by atoms with Crippen LogP contribution in [0.4, 0.5) is 0 Å². The summed E-state index contributed by atoms with van der Waals surface area (Å²) in [7, 11) is 0. The fraction of sp³-hybridized carbons (Fsp3) is 0.154. The Morgan fingerprint density at radius 2 is 1.55 bits per heavy atom. The highest BCUT2D eigenvalue weighted by Gasteiger charge is 2.45. The van der Waals surface area contributed by atoms with Gasteiger partial charge in [0.1, 0.15) is 0 Å². The van der Waals surface area contributed by atoms with Crippen molar-refractivity contribution >= 4 is 16.8 Å². The van der Waals surface area contributed by atoms with Gasteiger partial charge in [-0.3, -0.25) is 9.78 Å². The van der Waals surface area contributed by atoms with Crippen molar-refractivity contribution in [2.75, 3.05) is 0 Å². The Morgan fingerprint density at radius 1 is 0.862 bits per heavy atom. The number of carbonyl (C=O) groups excluding carboxylic acids is 1. The van der Waals surface area contributed by atoms with Crippen molar-refractivity contribution < 1.29 is 4.79 Å². The Kier molecular flexibility index (Phi) is 4.57. The summed E-state index contributed by atoms with van der Waals surface area (Å²) in [5.41, 5.74) is 4.04. The normalized spacial score (nSPS) is 17.8. The average Bonchev–Trinajstić information content (AvgIpc) is 3.59. The van der Waals surface area contributed by atoms with Gasteiger partial charge >= 0.3 is 0 Å². The van der Waals surface area contributed by atoms with Crippen LogP contribution in [0.15, 0.2) is 97.2 Å². The number of nitrogens with zero attached hydrogens (tertiary/aromatic N) is 2. The van der Waals surface area contributed by atoms with Gasteiger partial charge in [-0.25, -0.2) is 0 Å². The number of pyridine rings is 1. The molecular weight excluding hydrogens is 356 g/mol. The minimum atomic E-state index is 0.0795. The number of rotatable bonds is 5. The van der Waals surface area contributed by atoms with Gasteiger partial charge in [0.05, 0.1) is 11.1 Å². The molecule has 0 saturated heterocycles. The van der Waals surface area contributed by atoms with Gasteiger partial charge < -0.3 is 4.90 Å². The maximum absolute atomic E-state index is 13.7. The van der Waals surface area contributed by atoms with Crippen molar-refractivity contribution in [2.24, 2.45) is 0 Å². The maximum Gasteiger partial charge on any atom is 0.255 e. The van der Waals surface area contributed by atoms with Crippen LogP contribution in [0, 0.1) is 0 Å². The third kappa shape index (κ3) is 3.52. The lowest BCUT2D eigenvalue weighted by Crippen LogP contribution is -2.33. The average molecular weight is 378 g/mol. The third-order valence-corrected chi connectivity index (χ3v) is 5.72. The van der Waals surface area contributed by atoms with Gasteiger partial charge in [0.25, 0.3) is 5.91 Å². The molecule has 1 amide bonds. The van der Waals surface area contributed by atoms with Crippen LogP contribution in [0.3, 0.4) is 0 Å². The Hall–Kier alpha value is -3.46. The van der Waals surface area contributed by atoms with Gasteiger partial charge in [-0.15, -0.1) is 0 Å². The number of para-hydroxylation sites is 1. The van der Waals surface area contributed by atoms with Gasteiger partial charge in [-0.05, 0) is 29.7 Å². The van der Waals surface area contributed by atoms with Gasteiger partial charge in [0.15, 0.2) is 0 Å². The van der Waals surface area contributed by atoms with Crippen molar-refractivity contribution in [3.63, 3.8) is 0 Å². The van der Waals surface area contributed by atoms with Crippen LogP contribution < -0.4 is 0 Å². The van der Waals surface area contributed by atoms with E-state index in [9.17, 15) is 4.79 Å². The number of aromatic nitrogens is 1. The second kappa shape index (κ2) is 7.51. The van der Waals surface area contributed by atoms with Crippen LogP contribution >= 0.6 is 0 Å². The third-order valence-electron chi connectivity index (χ3n) is 5.72. The predicted molar refractivity (Wildman–Crippen MR) is 116 cm³/mol. The van der Waals surface area contributed by atoms with E-state index < -0.39 is 0 Å². The van der Waals surface area contributed by atoms with Crippen molar-refractivity contribution in [1.82, 2.24) is 9.88 Å². The molecule has 0 spiro atoms. The van der Waals surface area contributed by atoms with Crippen molar-refractivity contribution in [3.8, 4) is 0 Å². The van der Waals surface area contributed by atoms with E-state index in [1.165, 1.54) is 5.56 Å². The molecule has 0 radical (unpaired) electrons. The van der Waals surface area contributed by atoms with Crippen LogP contribution in [0.25, 0.3) is 10.9 Å². The summed E-state index contributed by atoms with van der Waals surface area (Å²) >= 11 is 0. The fourth-order valence-electron chi connectivity index (χ4n) is 4.14. The van der Waals surface area contributed by atoms with E-state index in [0.717, 1.165) is 28.5 Å². The first-order valence-corrected chi connectivity index (χ1v) is 10.0. The number of benzene rings is 3. The van der Waals surface area contributed by atoms with E-state index in [2.05, 4.69) is 46.3 Å². The molecule has 4 aromatic rings. The molecule has 3 nitrogen and oxygen atoms in total. The highest BCUT2D eigenvalue weighted by molar-refractivity contribution is 6.06. The fourth-order valence-corrected chi connectivity index (χ4v) is 4.14. The Bertz CT molecular complexity index is 1140. The molecule has 1 aliphatic rings. The zero-order valence-electron chi connectivity index (χ0n) is 16.1. The van der Waals surface area contributed by atoms with Gasteiger partial charge in [-0.2, -0.15) is 0 Å². The molecule has 1 saturated carbocycles. The molecule has 3 aromatic carbocycles. The van der Waals surface area contributed by atoms with Gasteiger partial charge in [0, 0.05) is 30.1 Å². The SMILES string of the molecule is O=C(c1ccnc2ccccc12)N(Cc1ccccc1)[C@H]1C[C@@H]1c1ccccc1. The molecule has 5 rings (SSSR count). The number of hydrogen-bond donors (Lipinski definition) is 0. The largest absolute Gasteiger partial charge is 0.331 e. The minimum Gasteiger partial charge on any atom is -0.331 e. The first kappa shape index (κ1) is 17.6. The summed E-state index contributed by atoms with van der Waals surface area (Å²) in [5, 5.41) is 0.912. The van der Waals surface area contributed by atoms with E-state index in [4.69, 9.17) is 0 Å². The molecule has 1 aromatic heterocycles. The van der Waals surface area contributed by atoms with Crippen molar-refractivity contribution in [2.45, 2.75) is 24.9 Å².